The standard InChI is InChI=1S/C12H16O3S/c1-10-4-6-11(7-5-10)16(14,15)9-8-12(2,3)13/h4-9,13H,1-3H3/b9-8+. The van der Waals surface area contributed by atoms with E-state index in [0.717, 1.165) is 11.0 Å². The van der Waals surface area contributed by atoms with E-state index in [-0.39, 0.29) is 4.90 Å². The monoisotopic (exact) mass is 240 g/mol. The molecule has 0 bridgehead atoms. The third kappa shape index (κ3) is 3.79. The Balaban J connectivity index is 3.04. The fraction of sp³-hybridized carbons (Fsp3) is 0.333. The van der Waals surface area contributed by atoms with Crippen LogP contribution in [0.15, 0.2) is 40.6 Å². The summed E-state index contributed by atoms with van der Waals surface area (Å²) in [5, 5.41) is 10.5. The minimum atomic E-state index is -3.45. The predicted octanol–water partition coefficient (Wildman–Crippen LogP) is 2.05. The van der Waals surface area contributed by atoms with Crippen molar-refractivity contribution in [3.8, 4) is 0 Å². The van der Waals surface area contributed by atoms with Gasteiger partial charge in [0.2, 0.25) is 0 Å². The molecule has 0 atom stereocenters. The van der Waals surface area contributed by atoms with Crippen molar-refractivity contribution in [3.05, 3.63) is 41.3 Å². The highest BCUT2D eigenvalue weighted by molar-refractivity contribution is 7.94. The number of aliphatic hydroxyl groups is 1. The van der Waals surface area contributed by atoms with E-state index in [1.54, 1.807) is 24.3 Å². The second kappa shape index (κ2) is 4.39. The van der Waals surface area contributed by atoms with Crippen LogP contribution in [0.4, 0.5) is 0 Å². The normalized spacial score (nSPS) is 13.2. The van der Waals surface area contributed by atoms with Crippen molar-refractivity contribution in [2.45, 2.75) is 31.3 Å². The first-order valence-electron chi connectivity index (χ1n) is 4.94. The van der Waals surface area contributed by atoms with Crippen molar-refractivity contribution >= 4 is 9.84 Å². The summed E-state index contributed by atoms with van der Waals surface area (Å²) in [7, 11) is -3.45. The SMILES string of the molecule is Cc1ccc(S(=O)(=O)/C=C/C(C)(C)O)cc1. The molecule has 0 heterocycles. The Kier molecular flexibility index (Phi) is 3.55. The fourth-order valence-corrected chi connectivity index (χ4v) is 2.25. The van der Waals surface area contributed by atoms with Crippen LogP contribution in [0.2, 0.25) is 0 Å². The molecule has 1 aromatic rings. The zero-order valence-electron chi connectivity index (χ0n) is 9.64. The number of hydrogen-bond donors (Lipinski definition) is 1. The van der Waals surface area contributed by atoms with Gasteiger partial charge >= 0.3 is 0 Å². The number of aryl methyl sites for hydroxylation is 1. The van der Waals surface area contributed by atoms with Crippen LogP contribution in [0, 0.1) is 6.92 Å². The van der Waals surface area contributed by atoms with Gasteiger partial charge in [0, 0.05) is 5.41 Å². The van der Waals surface area contributed by atoms with E-state index >= 15 is 0 Å². The molecule has 0 radical (unpaired) electrons. The Labute approximate surface area is 96.4 Å². The maximum absolute atomic E-state index is 11.8. The van der Waals surface area contributed by atoms with Crippen molar-refractivity contribution in [1.29, 1.82) is 0 Å². The average molecular weight is 240 g/mol. The zero-order valence-corrected chi connectivity index (χ0v) is 10.5. The summed E-state index contributed by atoms with van der Waals surface area (Å²) in [5.41, 5.74) is -0.122. The Hall–Kier alpha value is -1.13. The zero-order chi connectivity index (χ0) is 12.4. The number of rotatable bonds is 3. The highest BCUT2D eigenvalue weighted by Crippen LogP contribution is 2.14. The third-order valence-corrected chi connectivity index (χ3v) is 3.43. The summed E-state index contributed by atoms with van der Waals surface area (Å²) in [6.07, 6.45) is 1.27. The molecule has 1 aromatic carbocycles. The molecule has 88 valence electrons. The van der Waals surface area contributed by atoms with Crippen LogP contribution >= 0.6 is 0 Å². The second-order valence-electron chi connectivity index (χ2n) is 4.31. The highest BCUT2D eigenvalue weighted by Gasteiger charge is 2.13. The minimum absolute atomic E-state index is 0.235. The van der Waals surface area contributed by atoms with Gasteiger partial charge in [-0.3, -0.25) is 0 Å². The molecule has 0 aliphatic heterocycles. The Bertz CT molecular complexity index is 476. The topological polar surface area (TPSA) is 54.4 Å². The quantitative estimate of drug-likeness (QED) is 0.879. The first-order chi connectivity index (χ1) is 7.21. The molecule has 16 heavy (non-hydrogen) atoms. The smallest absolute Gasteiger partial charge is 0.199 e. The van der Waals surface area contributed by atoms with Gasteiger partial charge < -0.3 is 5.11 Å². The first kappa shape index (κ1) is 12.9. The summed E-state index contributed by atoms with van der Waals surface area (Å²) >= 11 is 0. The van der Waals surface area contributed by atoms with Gasteiger partial charge in [-0.1, -0.05) is 17.7 Å². The molecule has 1 rings (SSSR count). The van der Waals surface area contributed by atoms with Crippen molar-refractivity contribution in [3.63, 3.8) is 0 Å². The van der Waals surface area contributed by atoms with Crippen LogP contribution in [0.25, 0.3) is 0 Å². The lowest BCUT2D eigenvalue weighted by Crippen LogP contribution is -2.14. The van der Waals surface area contributed by atoms with E-state index in [2.05, 4.69) is 0 Å². The van der Waals surface area contributed by atoms with E-state index < -0.39 is 15.4 Å². The third-order valence-electron chi connectivity index (χ3n) is 2.00. The number of sulfone groups is 1. The molecular weight excluding hydrogens is 224 g/mol. The van der Waals surface area contributed by atoms with Gasteiger partial charge in [-0.05, 0) is 39.0 Å². The van der Waals surface area contributed by atoms with Gasteiger partial charge in [0.15, 0.2) is 9.84 Å². The molecule has 0 saturated heterocycles. The lowest BCUT2D eigenvalue weighted by Gasteiger charge is -2.10. The van der Waals surface area contributed by atoms with Gasteiger partial charge in [0.05, 0.1) is 10.5 Å². The van der Waals surface area contributed by atoms with Crippen LogP contribution in [0.3, 0.4) is 0 Å². The lowest BCUT2D eigenvalue weighted by molar-refractivity contribution is 0.133. The van der Waals surface area contributed by atoms with E-state index in [4.69, 9.17) is 0 Å². The molecule has 1 N–H and O–H groups in total. The number of benzene rings is 1. The van der Waals surface area contributed by atoms with Crippen LogP contribution in [0.5, 0.6) is 0 Å². The van der Waals surface area contributed by atoms with Crippen LogP contribution in [0.1, 0.15) is 19.4 Å². The molecule has 0 amide bonds. The molecule has 0 saturated carbocycles. The maximum atomic E-state index is 11.8. The number of hydrogen-bond acceptors (Lipinski definition) is 3. The Morgan fingerprint density at radius 3 is 2.12 bits per heavy atom. The van der Waals surface area contributed by atoms with E-state index in [0.29, 0.717) is 0 Å². The van der Waals surface area contributed by atoms with Crippen LogP contribution in [-0.2, 0) is 9.84 Å². The summed E-state index contributed by atoms with van der Waals surface area (Å²) in [4.78, 5) is 0.235. The van der Waals surface area contributed by atoms with Crippen molar-refractivity contribution < 1.29 is 13.5 Å². The van der Waals surface area contributed by atoms with Crippen LogP contribution < -0.4 is 0 Å². The summed E-state index contributed by atoms with van der Waals surface area (Å²) in [6.45, 7) is 4.94. The molecule has 0 aliphatic carbocycles. The summed E-state index contributed by atoms with van der Waals surface area (Å²) in [6, 6.07) is 6.59. The molecule has 0 spiro atoms. The van der Waals surface area contributed by atoms with E-state index in [1.807, 2.05) is 6.92 Å². The van der Waals surface area contributed by atoms with E-state index in [1.165, 1.54) is 19.9 Å². The largest absolute Gasteiger partial charge is 0.386 e. The lowest BCUT2D eigenvalue weighted by atomic mass is 10.1. The van der Waals surface area contributed by atoms with Crippen molar-refractivity contribution in [2.75, 3.05) is 0 Å². The van der Waals surface area contributed by atoms with Gasteiger partial charge in [-0.25, -0.2) is 8.42 Å². The second-order valence-corrected chi connectivity index (χ2v) is 6.15. The van der Waals surface area contributed by atoms with E-state index in [9.17, 15) is 13.5 Å². The molecule has 0 aromatic heterocycles. The Morgan fingerprint density at radius 1 is 1.19 bits per heavy atom. The first-order valence-corrected chi connectivity index (χ1v) is 6.49. The van der Waals surface area contributed by atoms with Gasteiger partial charge in [0.1, 0.15) is 0 Å². The maximum Gasteiger partial charge on any atom is 0.199 e. The molecule has 3 nitrogen and oxygen atoms in total. The minimum Gasteiger partial charge on any atom is -0.386 e. The predicted molar refractivity (Wildman–Crippen MR) is 63.8 cm³/mol. The Morgan fingerprint density at radius 2 is 1.69 bits per heavy atom. The molecule has 0 fully saturated rings. The van der Waals surface area contributed by atoms with Gasteiger partial charge in [-0.2, -0.15) is 0 Å². The average Bonchev–Trinajstić information content (AvgIpc) is 2.15. The summed E-state index contributed by atoms with van der Waals surface area (Å²) < 4.78 is 23.6. The van der Waals surface area contributed by atoms with Gasteiger partial charge in [-0.15, -0.1) is 0 Å². The molecular formula is C12H16O3S. The summed E-state index contributed by atoms with van der Waals surface area (Å²) in [5.74, 6) is 0. The van der Waals surface area contributed by atoms with Crippen LogP contribution in [-0.4, -0.2) is 19.1 Å². The van der Waals surface area contributed by atoms with Gasteiger partial charge in [0.25, 0.3) is 0 Å². The highest BCUT2D eigenvalue weighted by atomic mass is 32.2. The molecule has 4 heteroatoms. The molecule has 0 aliphatic rings. The van der Waals surface area contributed by atoms with Crippen molar-refractivity contribution in [2.24, 2.45) is 0 Å². The van der Waals surface area contributed by atoms with Crippen molar-refractivity contribution in [1.82, 2.24) is 0 Å². The molecule has 0 unspecified atom stereocenters. The fourth-order valence-electron chi connectivity index (χ4n) is 1.06.